The summed E-state index contributed by atoms with van der Waals surface area (Å²) in [5, 5.41) is 74.8. The fourth-order valence-electron chi connectivity index (χ4n) is 3.46. The molecule has 0 saturated carbocycles. The third-order valence-electron chi connectivity index (χ3n) is 4.98. The molecule has 5 atom stereocenters. The molecular formula is C16H18O16. The Kier molecular flexibility index (Phi) is 8.83. The zero-order valence-electron chi connectivity index (χ0n) is 15.9. The van der Waals surface area contributed by atoms with Crippen LogP contribution in [0.1, 0.15) is 13.3 Å². The van der Waals surface area contributed by atoms with Crippen LogP contribution in [0.25, 0.3) is 0 Å². The van der Waals surface area contributed by atoms with Gasteiger partial charge < -0.3 is 40.9 Å². The van der Waals surface area contributed by atoms with Gasteiger partial charge in [-0.2, -0.15) is 0 Å². The Morgan fingerprint density at radius 2 is 1.00 bits per heavy atom. The number of carbonyl (C=O) groups is 8. The van der Waals surface area contributed by atoms with Crippen molar-refractivity contribution in [2.24, 2.45) is 35.0 Å². The normalized spacial score (nSPS) is 15.9. The highest BCUT2D eigenvalue weighted by molar-refractivity contribution is 6.07. The quantitative estimate of drug-likeness (QED) is 0.130. The third-order valence-corrected chi connectivity index (χ3v) is 4.98. The highest BCUT2D eigenvalue weighted by Crippen LogP contribution is 2.46. The third kappa shape index (κ3) is 5.08. The molecule has 8 N–H and O–H groups in total. The zero-order valence-corrected chi connectivity index (χ0v) is 15.9. The van der Waals surface area contributed by atoms with E-state index in [4.69, 9.17) is 5.11 Å². The first-order chi connectivity index (χ1) is 14.5. The monoisotopic (exact) mass is 466 g/mol. The Balaban J connectivity index is 7.47. The molecule has 3 unspecified atom stereocenters. The van der Waals surface area contributed by atoms with Gasteiger partial charge in [-0.05, 0) is 0 Å². The maximum absolute atomic E-state index is 11.9. The molecule has 0 bridgehead atoms. The molecule has 0 heterocycles. The highest BCUT2D eigenvalue weighted by Gasteiger charge is 2.67. The summed E-state index contributed by atoms with van der Waals surface area (Å²) in [7, 11) is 0. The van der Waals surface area contributed by atoms with Crippen LogP contribution in [-0.2, 0) is 38.4 Å². The molecule has 0 aliphatic carbocycles. The van der Waals surface area contributed by atoms with Crippen molar-refractivity contribution < 1.29 is 79.2 Å². The van der Waals surface area contributed by atoms with Gasteiger partial charge in [-0.3, -0.25) is 38.4 Å². The predicted octanol–water partition coefficient (Wildman–Crippen LogP) is -1.86. The van der Waals surface area contributed by atoms with Crippen molar-refractivity contribution in [3.63, 3.8) is 0 Å². The topological polar surface area (TPSA) is 298 Å². The number of carboxylic acid groups (broad SMARTS) is 8. The van der Waals surface area contributed by atoms with E-state index >= 15 is 0 Å². The number of carboxylic acids is 8. The van der Waals surface area contributed by atoms with Crippen LogP contribution in [0, 0.1) is 35.0 Å². The van der Waals surface area contributed by atoms with Crippen LogP contribution in [0.5, 0.6) is 0 Å². The van der Waals surface area contributed by atoms with Crippen LogP contribution < -0.4 is 0 Å². The molecule has 32 heavy (non-hydrogen) atoms. The summed E-state index contributed by atoms with van der Waals surface area (Å²) in [6, 6.07) is 0. The smallest absolute Gasteiger partial charge is 0.322 e. The van der Waals surface area contributed by atoms with Gasteiger partial charge in [-0.25, -0.2) is 0 Å². The van der Waals surface area contributed by atoms with Gasteiger partial charge in [0.05, 0.1) is 36.0 Å². The van der Waals surface area contributed by atoms with Gasteiger partial charge in [-0.15, -0.1) is 0 Å². The molecule has 0 amide bonds. The predicted molar refractivity (Wildman–Crippen MR) is 91.3 cm³/mol. The summed E-state index contributed by atoms with van der Waals surface area (Å²) >= 11 is 0. The highest BCUT2D eigenvalue weighted by atomic mass is 16.4. The first-order valence-corrected chi connectivity index (χ1v) is 8.28. The van der Waals surface area contributed by atoms with E-state index < -0.39 is 89.2 Å². The molecular weight excluding hydrogens is 448 g/mol. The number of rotatable bonds is 14. The summed E-state index contributed by atoms with van der Waals surface area (Å²) in [4.78, 5) is 93.2. The maximum atomic E-state index is 11.9. The Hall–Kier alpha value is -4.24. The largest absolute Gasteiger partial charge is 0.481 e. The standard InChI is InChI=1S/C16H18O16/c1-3(9(19)20)16(14(29)30,15(31)32)8(13(27)28)7(12(25)26)6(11(23)24)4(10(21)22)2-5(17)18/h3-4,6-8H,2H2,1H3,(H,17,18)(H,19,20)(H,21,22)(H,23,24)(H,25,26)(H,27,28)(H,29,30)(H,31,32)/t3?,4-,6?,7-,8?/m0/s1. The lowest BCUT2D eigenvalue weighted by Gasteiger charge is -2.39. The van der Waals surface area contributed by atoms with Crippen molar-refractivity contribution in [3.8, 4) is 0 Å². The van der Waals surface area contributed by atoms with E-state index in [1.165, 1.54) is 0 Å². The minimum Gasteiger partial charge on any atom is -0.481 e. The molecule has 0 aromatic heterocycles. The Morgan fingerprint density at radius 1 is 0.594 bits per heavy atom. The van der Waals surface area contributed by atoms with Crippen LogP contribution in [0.15, 0.2) is 0 Å². The fraction of sp³-hybridized carbons (Fsp3) is 0.500. The maximum Gasteiger partial charge on any atom is 0.322 e. The van der Waals surface area contributed by atoms with Crippen LogP contribution in [0.3, 0.4) is 0 Å². The number of hydrogen-bond donors (Lipinski definition) is 8. The van der Waals surface area contributed by atoms with E-state index in [0.29, 0.717) is 6.92 Å². The molecule has 0 aromatic rings. The second kappa shape index (κ2) is 10.2. The van der Waals surface area contributed by atoms with Crippen LogP contribution >= 0.6 is 0 Å². The van der Waals surface area contributed by atoms with Crippen molar-refractivity contribution in [1.29, 1.82) is 0 Å². The Labute approximate surface area is 176 Å². The number of aliphatic carboxylic acids is 8. The van der Waals surface area contributed by atoms with Crippen molar-refractivity contribution >= 4 is 47.8 Å². The molecule has 0 spiro atoms. The lowest BCUT2D eigenvalue weighted by atomic mass is 9.58. The zero-order chi connectivity index (χ0) is 25.7. The second-order valence-electron chi connectivity index (χ2n) is 6.63. The van der Waals surface area contributed by atoms with Gasteiger partial charge in [-0.1, -0.05) is 6.92 Å². The molecule has 0 rings (SSSR count). The average molecular weight is 466 g/mol. The Bertz CT molecular complexity index is 842. The fourth-order valence-corrected chi connectivity index (χ4v) is 3.46. The van der Waals surface area contributed by atoms with Crippen molar-refractivity contribution in [1.82, 2.24) is 0 Å². The lowest BCUT2D eigenvalue weighted by Crippen LogP contribution is -2.60. The molecule has 0 fully saturated rings. The molecule has 0 saturated heterocycles. The van der Waals surface area contributed by atoms with Crippen LogP contribution in [0.2, 0.25) is 0 Å². The molecule has 0 aliphatic heterocycles. The average Bonchev–Trinajstić information content (AvgIpc) is 2.60. The molecule has 178 valence electrons. The van der Waals surface area contributed by atoms with E-state index in [-0.39, 0.29) is 0 Å². The van der Waals surface area contributed by atoms with Gasteiger partial charge in [0.1, 0.15) is 0 Å². The lowest BCUT2D eigenvalue weighted by molar-refractivity contribution is -0.194. The minimum absolute atomic E-state index is 0.418. The first-order valence-electron chi connectivity index (χ1n) is 8.28. The van der Waals surface area contributed by atoms with E-state index in [2.05, 4.69) is 0 Å². The van der Waals surface area contributed by atoms with Gasteiger partial charge in [0.25, 0.3) is 0 Å². The Morgan fingerprint density at radius 3 is 1.22 bits per heavy atom. The first kappa shape index (κ1) is 27.8. The van der Waals surface area contributed by atoms with Crippen LogP contribution in [0.4, 0.5) is 0 Å². The SMILES string of the molecule is CC(C(=O)O)C(C(=O)O)(C(=O)O)C(C(=O)O)[C@@H](C(=O)O)C(C(=O)O)[C@H](CC(=O)O)C(=O)O. The molecule has 0 aliphatic rings. The van der Waals surface area contributed by atoms with E-state index in [9.17, 15) is 74.1 Å². The van der Waals surface area contributed by atoms with E-state index in [1.807, 2.05) is 0 Å². The van der Waals surface area contributed by atoms with E-state index in [0.717, 1.165) is 0 Å². The second-order valence-corrected chi connectivity index (χ2v) is 6.63. The minimum atomic E-state index is -4.00. The molecule has 16 heteroatoms. The van der Waals surface area contributed by atoms with Crippen molar-refractivity contribution in [2.75, 3.05) is 0 Å². The molecule has 0 radical (unpaired) electrons. The molecule has 0 aromatic carbocycles. The van der Waals surface area contributed by atoms with Gasteiger partial charge in [0, 0.05) is 0 Å². The van der Waals surface area contributed by atoms with Crippen LogP contribution in [-0.4, -0.2) is 88.6 Å². The summed E-state index contributed by atoms with van der Waals surface area (Å²) in [6.07, 6.45) is -1.57. The van der Waals surface area contributed by atoms with Crippen molar-refractivity contribution in [3.05, 3.63) is 0 Å². The van der Waals surface area contributed by atoms with Gasteiger partial charge in [0.15, 0.2) is 5.41 Å². The van der Waals surface area contributed by atoms with Crippen molar-refractivity contribution in [2.45, 2.75) is 13.3 Å². The van der Waals surface area contributed by atoms with Gasteiger partial charge in [0.2, 0.25) is 0 Å². The number of hydrogen-bond acceptors (Lipinski definition) is 8. The summed E-state index contributed by atoms with van der Waals surface area (Å²) < 4.78 is 0. The molecule has 16 nitrogen and oxygen atoms in total. The van der Waals surface area contributed by atoms with E-state index in [1.54, 1.807) is 0 Å². The summed E-state index contributed by atoms with van der Waals surface area (Å²) in [5.74, 6) is -34.1. The van der Waals surface area contributed by atoms with Gasteiger partial charge >= 0.3 is 47.8 Å². The summed E-state index contributed by atoms with van der Waals surface area (Å²) in [6.45, 7) is 0.418. The summed E-state index contributed by atoms with van der Waals surface area (Å²) in [5.41, 5.74) is -4.00.